The van der Waals surface area contributed by atoms with Crippen molar-refractivity contribution < 1.29 is 9.18 Å². The number of carbonyl (C=O) groups is 1. The SMILES string of the molecule is NC(=O)[C@@H]1Cc2ccccc2CN1Cc1ccc(F)cc1Br. The fraction of sp³-hybridized carbons (Fsp3) is 0.235. The lowest BCUT2D eigenvalue weighted by Crippen LogP contribution is -2.48. The van der Waals surface area contributed by atoms with E-state index in [1.165, 1.54) is 23.3 Å². The number of halogens is 2. The normalized spacial score (nSPS) is 18.0. The molecule has 5 heteroatoms. The standard InChI is InChI=1S/C17H16BrFN2O/c18-15-8-14(19)6-5-13(15)10-21-9-12-4-2-1-3-11(12)7-16(21)17(20)22/h1-6,8,16H,7,9-10H2,(H2,20,22)/t16-/m0/s1. The molecule has 22 heavy (non-hydrogen) atoms. The van der Waals surface area contributed by atoms with Crippen LogP contribution in [0.15, 0.2) is 46.9 Å². The Balaban J connectivity index is 1.89. The number of nitrogens with two attached hydrogens (primary N) is 1. The summed E-state index contributed by atoms with van der Waals surface area (Å²) in [6.07, 6.45) is 0.615. The van der Waals surface area contributed by atoms with E-state index in [0.29, 0.717) is 24.0 Å². The molecule has 2 aromatic rings. The van der Waals surface area contributed by atoms with Gasteiger partial charge in [0.05, 0.1) is 6.04 Å². The van der Waals surface area contributed by atoms with E-state index in [9.17, 15) is 9.18 Å². The van der Waals surface area contributed by atoms with Gasteiger partial charge < -0.3 is 5.73 Å². The first-order chi connectivity index (χ1) is 10.5. The highest BCUT2D eigenvalue weighted by Crippen LogP contribution is 2.27. The minimum Gasteiger partial charge on any atom is -0.368 e. The summed E-state index contributed by atoms with van der Waals surface area (Å²) in [5.41, 5.74) is 8.89. The number of amides is 1. The minimum absolute atomic E-state index is 0.286. The molecule has 0 spiro atoms. The third-order valence-corrected chi connectivity index (χ3v) is 4.80. The van der Waals surface area contributed by atoms with Crippen LogP contribution in [0.2, 0.25) is 0 Å². The number of rotatable bonds is 3. The molecule has 0 radical (unpaired) electrons. The molecule has 3 rings (SSSR count). The van der Waals surface area contributed by atoms with Crippen LogP contribution in [0.5, 0.6) is 0 Å². The van der Waals surface area contributed by atoms with Crippen LogP contribution in [0.3, 0.4) is 0 Å². The predicted octanol–water partition coefficient (Wildman–Crippen LogP) is 3.00. The summed E-state index contributed by atoms with van der Waals surface area (Å²) < 4.78 is 13.9. The van der Waals surface area contributed by atoms with Crippen molar-refractivity contribution in [3.05, 3.63) is 69.4 Å². The molecule has 0 saturated heterocycles. The molecular formula is C17H16BrFN2O. The second kappa shape index (κ2) is 6.18. The smallest absolute Gasteiger partial charge is 0.235 e. The van der Waals surface area contributed by atoms with Crippen molar-refractivity contribution in [1.29, 1.82) is 0 Å². The second-order valence-corrected chi connectivity index (χ2v) is 6.39. The van der Waals surface area contributed by atoms with Gasteiger partial charge in [-0.25, -0.2) is 4.39 Å². The molecule has 0 bridgehead atoms. The van der Waals surface area contributed by atoms with E-state index in [4.69, 9.17) is 5.73 Å². The van der Waals surface area contributed by atoms with E-state index in [2.05, 4.69) is 22.0 Å². The fourth-order valence-corrected chi connectivity index (χ4v) is 3.37. The highest BCUT2D eigenvalue weighted by atomic mass is 79.9. The molecular weight excluding hydrogens is 347 g/mol. The Labute approximate surface area is 137 Å². The third-order valence-electron chi connectivity index (χ3n) is 4.06. The molecule has 3 nitrogen and oxygen atoms in total. The quantitative estimate of drug-likeness (QED) is 0.912. The topological polar surface area (TPSA) is 46.3 Å². The second-order valence-electron chi connectivity index (χ2n) is 5.53. The zero-order valence-electron chi connectivity index (χ0n) is 11.9. The van der Waals surface area contributed by atoms with Crippen LogP contribution in [0.1, 0.15) is 16.7 Å². The van der Waals surface area contributed by atoms with Crippen molar-refractivity contribution >= 4 is 21.8 Å². The maximum absolute atomic E-state index is 13.2. The summed E-state index contributed by atoms with van der Waals surface area (Å²) in [5, 5.41) is 0. The van der Waals surface area contributed by atoms with Crippen LogP contribution in [0.4, 0.5) is 4.39 Å². The van der Waals surface area contributed by atoms with Gasteiger partial charge in [0.1, 0.15) is 5.82 Å². The van der Waals surface area contributed by atoms with Crippen LogP contribution in [-0.4, -0.2) is 16.8 Å². The lowest BCUT2D eigenvalue weighted by Gasteiger charge is -2.35. The lowest BCUT2D eigenvalue weighted by molar-refractivity contribution is -0.124. The summed E-state index contributed by atoms with van der Waals surface area (Å²) in [7, 11) is 0. The maximum atomic E-state index is 13.2. The third kappa shape index (κ3) is 3.05. The average Bonchev–Trinajstić information content (AvgIpc) is 2.49. The monoisotopic (exact) mass is 362 g/mol. The number of carbonyl (C=O) groups excluding carboxylic acids is 1. The van der Waals surface area contributed by atoms with Gasteiger partial charge in [0.15, 0.2) is 0 Å². The van der Waals surface area contributed by atoms with Gasteiger partial charge in [0.25, 0.3) is 0 Å². The summed E-state index contributed by atoms with van der Waals surface area (Å²) in [6.45, 7) is 1.20. The van der Waals surface area contributed by atoms with E-state index in [0.717, 1.165) is 5.56 Å². The first-order valence-electron chi connectivity index (χ1n) is 7.08. The van der Waals surface area contributed by atoms with Crippen molar-refractivity contribution in [3.8, 4) is 0 Å². The molecule has 1 amide bonds. The molecule has 1 heterocycles. The number of fused-ring (bicyclic) bond motifs is 1. The predicted molar refractivity (Wildman–Crippen MR) is 86.5 cm³/mol. The van der Waals surface area contributed by atoms with Gasteiger partial charge in [-0.1, -0.05) is 46.3 Å². The van der Waals surface area contributed by atoms with E-state index < -0.39 is 0 Å². The van der Waals surface area contributed by atoms with Gasteiger partial charge >= 0.3 is 0 Å². The van der Waals surface area contributed by atoms with Gasteiger partial charge in [-0.15, -0.1) is 0 Å². The molecule has 0 fully saturated rings. The Hall–Kier alpha value is -1.72. The van der Waals surface area contributed by atoms with Crippen molar-refractivity contribution in [2.45, 2.75) is 25.6 Å². The van der Waals surface area contributed by atoms with Crippen molar-refractivity contribution in [2.75, 3.05) is 0 Å². The van der Waals surface area contributed by atoms with E-state index in [-0.39, 0.29) is 17.8 Å². The number of hydrogen-bond acceptors (Lipinski definition) is 2. The summed E-state index contributed by atoms with van der Waals surface area (Å²) in [6, 6.07) is 12.3. The van der Waals surface area contributed by atoms with Crippen LogP contribution in [0.25, 0.3) is 0 Å². The highest BCUT2D eigenvalue weighted by molar-refractivity contribution is 9.10. The molecule has 0 saturated carbocycles. The Morgan fingerprint density at radius 2 is 2.00 bits per heavy atom. The molecule has 114 valence electrons. The van der Waals surface area contributed by atoms with Crippen LogP contribution in [-0.2, 0) is 24.3 Å². The first kappa shape index (κ1) is 15.2. The average molecular weight is 363 g/mol. The molecule has 1 aliphatic heterocycles. The molecule has 0 aliphatic carbocycles. The van der Waals surface area contributed by atoms with E-state index >= 15 is 0 Å². The van der Waals surface area contributed by atoms with Crippen LogP contribution in [0, 0.1) is 5.82 Å². The van der Waals surface area contributed by atoms with Gasteiger partial charge in [-0.3, -0.25) is 9.69 Å². The Morgan fingerprint density at radius 1 is 1.27 bits per heavy atom. The fourth-order valence-electron chi connectivity index (χ4n) is 2.89. The molecule has 1 aliphatic rings. The van der Waals surface area contributed by atoms with Crippen LogP contribution < -0.4 is 5.73 Å². The Bertz CT molecular complexity index is 720. The number of nitrogens with zero attached hydrogens (tertiary/aromatic N) is 1. The highest BCUT2D eigenvalue weighted by Gasteiger charge is 2.30. The van der Waals surface area contributed by atoms with Crippen molar-refractivity contribution in [2.24, 2.45) is 5.73 Å². The molecule has 0 unspecified atom stereocenters. The van der Waals surface area contributed by atoms with E-state index in [1.807, 2.05) is 23.1 Å². The maximum Gasteiger partial charge on any atom is 0.235 e. The Kier molecular flexibility index (Phi) is 4.27. The molecule has 2 aromatic carbocycles. The minimum atomic E-state index is -0.341. The molecule has 2 N–H and O–H groups in total. The number of primary amides is 1. The van der Waals surface area contributed by atoms with Crippen molar-refractivity contribution in [1.82, 2.24) is 4.90 Å². The first-order valence-corrected chi connectivity index (χ1v) is 7.88. The van der Waals surface area contributed by atoms with Gasteiger partial charge in [-0.2, -0.15) is 0 Å². The zero-order valence-corrected chi connectivity index (χ0v) is 13.5. The van der Waals surface area contributed by atoms with Crippen molar-refractivity contribution in [3.63, 3.8) is 0 Å². The summed E-state index contributed by atoms with van der Waals surface area (Å²) >= 11 is 3.38. The van der Waals surface area contributed by atoms with Crippen LogP contribution >= 0.6 is 15.9 Å². The molecule has 0 aromatic heterocycles. The van der Waals surface area contributed by atoms with Gasteiger partial charge in [0, 0.05) is 17.6 Å². The Morgan fingerprint density at radius 3 is 2.68 bits per heavy atom. The summed E-state index contributed by atoms with van der Waals surface area (Å²) in [5.74, 6) is -0.612. The van der Waals surface area contributed by atoms with Gasteiger partial charge in [-0.05, 0) is 35.2 Å². The van der Waals surface area contributed by atoms with Gasteiger partial charge in [0.2, 0.25) is 5.91 Å². The summed E-state index contributed by atoms with van der Waals surface area (Å²) in [4.78, 5) is 13.9. The number of benzene rings is 2. The molecule has 1 atom stereocenters. The lowest BCUT2D eigenvalue weighted by atomic mass is 9.93. The zero-order chi connectivity index (χ0) is 15.7. The van der Waals surface area contributed by atoms with E-state index in [1.54, 1.807) is 6.07 Å². The number of hydrogen-bond donors (Lipinski definition) is 1. The largest absolute Gasteiger partial charge is 0.368 e.